The number of halogens is 1. The van der Waals surface area contributed by atoms with Crippen LogP contribution in [0.1, 0.15) is 43.0 Å². The normalized spacial score (nSPS) is 15.1. The summed E-state index contributed by atoms with van der Waals surface area (Å²) < 4.78 is 42.5. The van der Waals surface area contributed by atoms with Crippen molar-refractivity contribution in [3.8, 4) is 11.3 Å². The van der Waals surface area contributed by atoms with Crippen LogP contribution in [0, 0.1) is 5.82 Å². The lowest BCUT2D eigenvalue weighted by Crippen LogP contribution is -2.25. The SMILES string of the molecule is O=S(=O)(Cc1ccc(F)cc1)NCc1cc(-c2ccncc2)n(C2CCCC2)n1. The number of nitrogens with one attached hydrogen (secondary N) is 1. The summed E-state index contributed by atoms with van der Waals surface area (Å²) in [7, 11) is -3.56. The first-order chi connectivity index (χ1) is 14.0. The van der Waals surface area contributed by atoms with E-state index in [1.165, 1.54) is 37.1 Å². The molecule has 0 aliphatic heterocycles. The molecule has 1 aromatic carbocycles. The van der Waals surface area contributed by atoms with E-state index in [9.17, 15) is 12.8 Å². The molecule has 0 unspecified atom stereocenters. The van der Waals surface area contributed by atoms with Crippen molar-refractivity contribution in [1.82, 2.24) is 19.5 Å². The lowest BCUT2D eigenvalue weighted by atomic mass is 10.1. The lowest BCUT2D eigenvalue weighted by molar-refractivity contribution is 0.467. The van der Waals surface area contributed by atoms with Gasteiger partial charge >= 0.3 is 0 Å². The van der Waals surface area contributed by atoms with E-state index in [-0.39, 0.29) is 18.1 Å². The van der Waals surface area contributed by atoms with Crippen LogP contribution in [0.3, 0.4) is 0 Å². The van der Waals surface area contributed by atoms with Gasteiger partial charge < -0.3 is 0 Å². The van der Waals surface area contributed by atoms with Crippen LogP contribution >= 0.6 is 0 Å². The molecule has 1 fully saturated rings. The Labute approximate surface area is 169 Å². The highest BCUT2D eigenvalue weighted by atomic mass is 32.2. The summed E-state index contributed by atoms with van der Waals surface area (Å²) in [6.07, 6.45) is 8.00. The summed E-state index contributed by atoms with van der Waals surface area (Å²) in [6, 6.07) is 11.6. The van der Waals surface area contributed by atoms with Gasteiger partial charge in [0, 0.05) is 18.0 Å². The van der Waals surface area contributed by atoms with Gasteiger partial charge in [-0.3, -0.25) is 9.67 Å². The third-order valence-electron chi connectivity index (χ3n) is 5.18. The third kappa shape index (κ3) is 4.89. The van der Waals surface area contributed by atoms with Gasteiger partial charge in [-0.15, -0.1) is 0 Å². The first-order valence-electron chi connectivity index (χ1n) is 9.71. The van der Waals surface area contributed by atoms with Crippen LogP contribution in [0.5, 0.6) is 0 Å². The van der Waals surface area contributed by atoms with E-state index in [4.69, 9.17) is 5.10 Å². The lowest BCUT2D eigenvalue weighted by Gasteiger charge is -2.14. The van der Waals surface area contributed by atoms with E-state index >= 15 is 0 Å². The summed E-state index contributed by atoms with van der Waals surface area (Å²) in [5, 5.41) is 4.71. The van der Waals surface area contributed by atoms with Crippen molar-refractivity contribution in [3.63, 3.8) is 0 Å². The Hall–Kier alpha value is -2.58. The van der Waals surface area contributed by atoms with Crippen molar-refractivity contribution in [1.29, 1.82) is 0 Å². The standard InChI is InChI=1S/C21H23FN4O2S/c22-18-7-5-16(6-8-18)15-29(27,28)24-14-19-13-21(17-9-11-23-12-10-17)26(25-19)20-3-1-2-4-20/h5-13,20,24H,1-4,14-15H2. The number of sulfonamides is 1. The molecule has 1 aliphatic rings. The number of aromatic nitrogens is 3. The van der Waals surface area contributed by atoms with Crippen LogP contribution in [0.15, 0.2) is 54.9 Å². The first-order valence-corrected chi connectivity index (χ1v) is 11.4. The largest absolute Gasteiger partial charge is 0.265 e. The van der Waals surface area contributed by atoms with Crippen molar-refractivity contribution >= 4 is 10.0 Å². The van der Waals surface area contributed by atoms with Crippen molar-refractivity contribution in [2.24, 2.45) is 0 Å². The average molecular weight is 415 g/mol. The van der Waals surface area contributed by atoms with Crippen LogP contribution in [0.4, 0.5) is 4.39 Å². The molecule has 0 atom stereocenters. The van der Waals surface area contributed by atoms with Crippen LogP contribution < -0.4 is 4.72 Å². The van der Waals surface area contributed by atoms with Crippen LogP contribution in [0.25, 0.3) is 11.3 Å². The van der Waals surface area contributed by atoms with Gasteiger partial charge in [0.2, 0.25) is 10.0 Å². The van der Waals surface area contributed by atoms with Gasteiger partial charge in [0.05, 0.1) is 29.7 Å². The van der Waals surface area contributed by atoms with E-state index in [1.54, 1.807) is 12.4 Å². The summed E-state index contributed by atoms with van der Waals surface area (Å²) in [4.78, 5) is 4.07. The maximum atomic E-state index is 13.0. The fourth-order valence-electron chi connectivity index (χ4n) is 3.73. The number of hydrogen-bond donors (Lipinski definition) is 1. The molecule has 0 radical (unpaired) electrons. The number of hydrogen-bond acceptors (Lipinski definition) is 4. The Morgan fingerprint density at radius 3 is 2.45 bits per heavy atom. The van der Waals surface area contributed by atoms with Crippen molar-refractivity contribution in [2.45, 2.75) is 44.0 Å². The Kier molecular flexibility index (Phi) is 5.73. The van der Waals surface area contributed by atoms with Crippen molar-refractivity contribution in [3.05, 3.63) is 71.9 Å². The minimum Gasteiger partial charge on any atom is -0.265 e. The second-order valence-electron chi connectivity index (χ2n) is 7.35. The molecular weight excluding hydrogens is 391 g/mol. The van der Waals surface area contributed by atoms with E-state index in [0.717, 1.165) is 24.1 Å². The Morgan fingerprint density at radius 2 is 1.76 bits per heavy atom. The summed E-state index contributed by atoms with van der Waals surface area (Å²) in [5.41, 5.74) is 3.20. The fraction of sp³-hybridized carbons (Fsp3) is 0.333. The average Bonchev–Trinajstić information content (AvgIpc) is 3.38. The predicted octanol–water partition coefficient (Wildman–Crippen LogP) is 3.82. The second-order valence-corrected chi connectivity index (χ2v) is 9.15. The van der Waals surface area contributed by atoms with Crippen LogP contribution in [-0.4, -0.2) is 23.2 Å². The number of pyridine rings is 1. The van der Waals surface area contributed by atoms with Crippen molar-refractivity contribution < 1.29 is 12.8 Å². The molecule has 8 heteroatoms. The quantitative estimate of drug-likeness (QED) is 0.638. The van der Waals surface area contributed by atoms with Gasteiger partial charge in [-0.05, 0) is 48.7 Å². The molecule has 0 bridgehead atoms. The maximum Gasteiger partial charge on any atom is 0.216 e. The molecule has 1 aliphatic carbocycles. The second kappa shape index (κ2) is 8.42. The summed E-state index contributed by atoms with van der Waals surface area (Å²) in [5.74, 6) is -0.589. The zero-order valence-electron chi connectivity index (χ0n) is 16.0. The molecule has 152 valence electrons. The predicted molar refractivity (Wildman–Crippen MR) is 109 cm³/mol. The molecule has 2 aromatic heterocycles. The van der Waals surface area contributed by atoms with Gasteiger partial charge in [-0.25, -0.2) is 17.5 Å². The maximum absolute atomic E-state index is 13.0. The molecular formula is C21H23FN4O2S. The monoisotopic (exact) mass is 414 g/mol. The van der Waals surface area contributed by atoms with Gasteiger partial charge in [0.1, 0.15) is 5.82 Å². The van der Waals surface area contributed by atoms with Gasteiger partial charge in [-0.1, -0.05) is 25.0 Å². The summed E-state index contributed by atoms with van der Waals surface area (Å²) in [6.45, 7) is 0.112. The Bertz CT molecular complexity index is 1060. The number of benzene rings is 1. The zero-order chi connectivity index (χ0) is 20.3. The van der Waals surface area contributed by atoms with E-state index in [1.807, 2.05) is 22.9 Å². The molecule has 1 saturated carbocycles. The van der Waals surface area contributed by atoms with E-state index in [0.29, 0.717) is 17.3 Å². The minimum atomic E-state index is -3.56. The third-order valence-corrected chi connectivity index (χ3v) is 6.47. The number of rotatable bonds is 7. The highest BCUT2D eigenvalue weighted by molar-refractivity contribution is 7.88. The van der Waals surface area contributed by atoms with Gasteiger partial charge in [0.25, 0.3) is 0 Å². The van der Waals surface area contributed by atoms with E-state index < -0.39 is 10.0 Å². The minimum absolute atomic E-state index is 0.112. The highest BCUT2D eigenvalue weighted by Crippen LogP contribution is 2.33. The zero-order valence-corrected chi connectivity index (χ0v) is 16.8. The molecule has 0 amide bonds. The Morgan fingerprint density at radius 1 is 1.07 bits per heavy atom. The molecule has 6 nitrogen and oxygen atoms in total. The fourth-order valence-corrected chi connectivity index (χ4v) is 4.83. The van der Waals surface area contributed by atoms with Gasteiger partial charge in [0.15, 0.2) is 0 Å². The highest BCUT2D eigenvalue weighted by Gasteiger charge is 2.22. The molecule has 3 aromatic rings. The molecule has 0 saturated heterocycles. The molecule has 0 spiro atoms. The first kappa shape index (κ1) is 19.7. The molecule has 29 heavy (non-hydrogen) atoms. The summed E-state index contributed by atoms with van der Waals surface area (Å²) >= 11 is 0. The van der Waals surface area contributed by atoms with Gasteiger partial charge in [-0.2, -0.15) is 5.10 Å². The van der Waals surface area contributed by atoms with Crippen LogP contribution in [0.2, 0.25) is 0 Å². The molecule has 2 heterocycles. The van der Waals surface area contributed by atoms with Crippen molar-refractivity contribution in [2.75, 3.05) is 0 Å². The van der Waals surface area contributed by atoms with E-state index in [2.05, 4.69) is 9.71 Å². The number of nitrogens with zero attached hydrogens (tertiary/aromatic N) is 3. The smallest absolute Gasteiger partial charge is 0.216 e. The topological polar surface area (TPSA) is 76.9 Å². The molecule has 1 N–H and O–H groups in total. The van der Waals surface area contributed by atoms with Crippen LogP contribution in [-0.2, 0) is 22.3 Å². The Balaban J connectivity index is 1.52. The molecule has 4 rings (SSSR count).